The minimum atomic E-state index is -3.61. The fourth-order valence-electron chi connectivity index (χ4n) is 3.74. The van der Waals surface area contributed by atoms with Crippen LogP contribution in [0.2, 0.25) is 0 Å². The molecule has 164 valence electrons. The lowest BCUT2D eigenvalue weighted by Gasteiger charge is -2.08. The maximum atomic E-state index is 12.3. The van der Waals surface area contributed by atoms with Crippen molar-refractivity contribution >= 4 is 15.7 Å². The van der Waals surface area contributed by atoms with Crippen LogP contribution in [-0.4, -0.2) is 40.2 Å². The highest BCUT2D eigenvalue weighted by atomic mass is 32.2. The fraction of sp³-hybridized carbons (Fsp3) is 0.0417. The molecule has 0 atom stereocenters. The van der Waals surface area contributed by atoms with Crippen LogP contribution < -0.4 is 4.72 Å². The van der Waals surface area contributed by atoms with Gasteiger partial charge in [0.05, 0.1) is 16.2 Å². The van der Waals surface area contributed by atoms with Gasteiger partial charge in [-0.3, -0.25) is 4.98 Å². The first-order chi connectivity index (χ1) is 16.0. The molecule has 3 heterocycles. The van der Waals surface area contributed by atoms with Gasteiger partial charge in [0, 0.05) is 29.7 Å². The third-order valence-electron chi connectivity index (χ3n) is 5.32. The molecule has 2 N–H and O–H groups in total. The lowest BCUT2D eigenvalue weighted by Crippen LogP contribution is -2.18. The van der Waals surface area contributed by atoms with E-state index in [4.69, 9.17) is 5.10 Å². The maximum Gasteiger partial charge on any atom is 0.240 e. The zero-order valence-electron chi connectivity index (χ0n) is 17.5. The SMILES string of the molecule is CNS(=O)(=O)c1cccc(-c2ccnc3c(-c4cccc(O)c4)c(-c4ccncc4)nn23)c1. The number of hydrogen-bond donors (Lipinski definition) is 2. The smallest absolute Gasteiger partial charge is 0.240 e. The van der Waals surface area contributed by atoms with Crippen molar-refractivity contribution in [3.63, 3.8) is 0 Å². The summed E-state index contributed by atoms with van der Waals surface area (Å²) in [6.45, 7) is 0. The van der Waals surface area contributed by atoms with E-state index in [-0.39, 0.29) is 10.6 Å². The number of phenolic OH excluding ortho intramolecular Hbond substituents is 1. The number of phenols is 1. The summed E-state index contributed by atoms with van der Waals surface area (Å²) in [5.74, 6) is 0.133. The third-order valence-corrected chi connectivity index (χ3v) is 6.73. The van der Waals surface area contributed by atoms with Crippen molar-refractivity contribution in [2.45, 2.75) is 4.90 Å². The van der Waals surface area contributed by atoms with Gasteiger partial charge in [-0.05, 0) is 55.1 Å². The number of nitrogens with zero attached hydrogens (tertiary/aromatic N) is 4. The molecule has 0 radical (unpaired) electrons. The highest BCUT2D eigenvalue weighted by Crippen LogP contribution is 2.37. The van der Waals surface area contributed by atoms with Gasteiger partial charge in [0.15, 0.2) is 5.65 Å². The van der Waals surface area contributed by atoms with Gasteiger partial charge in [-0.2, -0.15) is 5.10 Å². The van der Waals surface area contributed by atoms with E-state index in [1.165, 1.54) is 13.1 Å². The molecule has 0 saturated heterocycles. The monoisotopic (exact) mass is 457 g/mol. The Bertz CT molecular complexity index is 1580. The third kappa shape index (κ3) is 3.73. The highest BCUT2D eigenvalue weighted by molar-refractivity contribution is 7.89. The number of pyridine rings is 1. The minimum Gasteiger partial charge on any atom is -0.508 e. The topological polar surface area (TPSA) is 109 Å². The van der Waals surface area contributed by atoms with Gasteiger partial charge < -0.3 is 5.11 Å². The second-order valence-corrected chi connectivity index (χ2v) is 9.20. The van der Waals surface area contributed by atoms with Crippen LogP contribution in [-0.2, 0) is 10.0 Å². The lowest BCUT2D eigenvalue weighted by atomic mass is 10.0. The quantitative estimate of drug-likeness (QED) is 0.416. The van der Waals surface area contributed by atoms with Gasteiger partial charge in [0.1, 0.15) is 11.4 Å². The van der Waals surface area contributed by atoms with Crippen molar-refractivity contribution in [3.05, 3.63) is 85.3 Å². The Morgan fingerprint density at radius 2 is 1.64 bits per heavy atom. The van der Waals surface area contributed by atoms with Crippen molar-refractivity contribution in [1.29, 1.82) is 0 Å². The van der Waals surface area contributed by atoms with E-state index in [0.717, 1.165) is 16.7 Å². The normalized spacial score (nSPS) is 11.7. The second kappa shape index (κ2) is 8.12. The van der Waals surface area contributed by atoms with Crippen molar-refractivity contribution in [1.82, 2.24) is 24.3 Å². The summed E-state index contributed by atoms with van der Waals surface area (Å²) in [5, 5.41) is 14.9. The van der Waals surface area contributed by atoms with Gasteiger partial charge in [0.2, 0.25) is 10.0 Å². The molecule has 0 aliphatic carbocycles. The Labute approximate surface area is 190 Å². The van der Waals surface area contributed by atoms with Gasteiger partial charge in [-0.25, -0.2) is 22.6 Å². The first-order valence-corrected chi connectivity index (χ1v) is 11.6. The number of rotatable bonds is 5. The summed E-state index contributed by atoms with van der Waals surface area (Å²) in [6, 6.07) is 19.1. The molecule has 0 saturated carbocycles. The molecular weight excluding hydrogens is 438 g/mol. The molecule has 33 heavy (non-hydrogen) atoms. The molecular formula is C24H19N5O3S. The number of aromatic hydroxyl groups is 1. The summed E-state index contributed by atoms with van der Waals surface area (Å²) in [7, 11) is -2.23. The van der Waals surface area contributed by atoms with Crippen molar-refractivity contribution < 1.29 is 13.5 Å². The fourth-order valence-corrected chi connectivity index (χ4v) is 4.52. The number of sulfonamides is 1. The largest absolute Gasteiger partial charge is 0.508 e. The van der Waals surface area contributed by atoms with Gasteiger partial charge >= 0.3 is 0 Å². The van der Waals surface area contributed by atoms with Gasteiger partial charge in [0.25, 0.3) is 0 Å². The van der Waals surface area contributed by atoms with Crippen LogP contribution in [0.1, 0.15) is 0 Å². The van der Waals surface area contributed by atoms with Gasteiger partial charge in [-0.15, -0.1) is 0 Å². The molecule has 0 bridgehead atoms. The minimum absolute atomic E-state index is 0.133. The molecule has 0 aliphatic rings. The Balaban J connectivity index is 1.81. The lowest BCUT2D eigenvalue weighted by molar-refractivity contribution is 0.475. The summed E-state index contributed by atoms with van der Waals surface area (Å²) >= 11 is 0. The Kier molecular flexibility index (Phi) is 5.12. The van der Waals surface area contributed by atoms with Crippen LogP contribution in [0.15, 0.2) is 90.2 Å². The van der Waals surface area contributed by atoms with Crippen LogP contribution in [0.25, 0.3) is 39.3 Å². The zero-order chi connectivity index (χ0) is 23.0. The average molecular weight is 458 g/mol. The van der Waals surface area contributed by atoms with Crippen LogP contribution >= 0.6 is 0 Å². The number of hydrogen-bond acceptors (Lipinski definition) is 6. The van der Waals surface area contributed by atoms with Crippen LogP contribution in [0.3, 0.4) is 0 Å². The van der Waals surface area contributed by atoms with E-state index in [9.17, 15) is 13.5 Å². The van der Waals surface area contributed by atoms with Crippen molar-refractivity contribution in [2.75, 3.05) is 7.05 Å². The molecule has 2 aromatic carbocycles. The summed E-state index contributed by atoms with van der Waals surface area (Å²) in [6.07, 6.45) is 5.03. The summed E-state index contributed by atoms with van der Waals surface area (Å²) in [5.41, 5.74) is 4.94. The molecule has 0 unspecified atom stereocenters. The Morgan fingerprint density at radius 1 is 0.879 bits per heavy atom. The van der Waals surface area contributed by atoms with Crippen molar-refractivity contribution in [3.8, 4) is 39.4 Å². The molecule has 9 heteroatoms. The molecule has 0 aliphatic heterocycles. The van der Waals surface area contributed by atoms with E-state index in [2.05, 4.69) is 14.7 Å². The van der Waals surface area contributed by atoms with E-state index < -0.39 is 10.0 Å². The summed E-state index contributed by atoms with van der Waals surface area (Å²) < 4.78 is 28.7. The number of nitrogens with one attached hydrogen (secondary N) is 1. The number of aromatic nitrogens is 4. The standard InChI is InChI=1S/C24H19N5O3S/c1-25-33(31,32)20-7-3-4-17(15-20)21-10-13-27-24-22(18-5-2-6-19(30)14-18)23(28-29(21)24)16-8-11-26-12-9-16/h2-15,25,30H,1H3. The number of benzene rings is 2. The van der Waals surface area contributed by atoms with E-state index in [0.29, 0.717) is 22.6 Å². The van der Waals surface area contributed by atoms with E-state index in [1.807, 2.05) is 24.3 Å². The molecule has 0 amide bonds. The van der Waals surface area contributed by atoms with Crippen molar-refractivity contribution in [2.24, 2.45) is 0 Å². The zero-order valence-corrected chi connectivity index (χ0v) is 18.4. The Hall–Kier alpha value is -4.08. The van der Waals surface area contributed by atoms with Crippen LogP contribution in [0.4, 0.5) is 0 Å². The molecule has 0 spiro atoms. The predicted octanol–water partition coefficient (Wildman–Crippen LogP) is 3.74. The molecule has 5 rings (SSSR count). The predicted molar refractivity (Wildman–Crippen MR) is 125 cm³/mol. The average Bonchev–Trinajstić information content (AvgIpc) is 3.24. The molecule has 0 fully saturated rings. The van der Waals surface area contributed by atoms with Crippen LogP contribution in [0.5, 0.6) is 5.75 Å². The molecule has 8 nitrogen and oxygen atoms in total. The Morgan fingerprint density at radius 3 is 2.39 bits per heavy atom. The van der Waals surface area contributed by atoms with E-state index >= 15 is 0 Å². The first-order valence-electron chi connectivity index (χ1n) is 10.1. The summed E-state index contributed by atoms with van der Waals surface area (Å²) in [4.78, 5) is 8.83. The van der Waals surface area contributed by atoms with Crippen LogP contribution in [0, 0.1) is 0 Å². The number of fused-ring (bicyclic) bond motifs is 1. The highest BCUT2D eigenvalue weighted by Gasteiger charge is 2.21. The van der Waals surface area contributed by atoms with Gasteiger partial charge in [-0.1, -0.05) is 24.3 Å². The van der Waals surface area contributed by atoms with E-state index in [1.54, 1.807) is 59.5 Å². The maximum absolute atomic E-state index is 12.3. The second-order valence-electron chi connectivity index (χ2n) is 7.31. The molecule has 5 aromatic rings. The molecule has 3 aromatic heterocycles. The first kappa shape index (κ1) is 20.8.